The molecular weight excluding hydrogens is 585 g/mol. The van der Waals surface area contributed by atoms with E-state index in [9.17, 15) is 0 Å². The molecule has 0 saturated heterocycles. The van der Waals surface area contributed by atoms with Gasteiger partial charge in [0, 0.05) is 21.8 Å². The molecule has 8 saturated carbocycles. The van der Waals surface area contributed by atoms with Gasteiger partial charge in [-0.1, -0.05) is 62.4 Å². The normalized spacial score (nSPS) is 36.2. The molecule has 2 heterocycles. The van der Waals surface area contributed by atoms with E-state index in [1.54, 1.807) is 0 Å². The fourth-order valence-electron chi connectivity index (χ4n) is 13.5. The van der Waals surface area contributed by atoms with E-state index in [1.165, 1.54) is 105 Å². The van der Waals surface area contributed by atoms with E-state index in [0.717, 1.165) is 58.5 Å². The lowest BCUT2D eigenvalue weighted by molar-refractivity contribution is -0.0155. The first-order chi connectivity index (χ1) is 23.4. The Kier molecular flexibility index (Phi) is 5.78. The van der Waals surface area contributed by atoms with Crippen molar-refractivity contribution in [2.24, 2.45) is 35.5 Å². The van der Waals surface area contributed by atoms with Crippen LogP contribution in [0.4, 0.5) is 17.1 Å². The molecule has 8 bridgehead atoms. The van der Waals surface area contributed by atoms with Crippen LogP contribution in [0.25, 0.3) is 11.4 Å². The lowest BCUT2D eigenvalue weighted by atomic mass is 9.49. The first-order valence-corrected chi connectivity index (χ1v) is 19.2. The average Bonchev–Trinajstić information content (AvgIpc) is 3.07. The van der Waals surface area contributed by atoms with Crippen LogP contribution in [0.5, 0.6) is 0 Å². The van der Waals surface area contributed by atoms with E-state index in [0.29, 0.717) is 0 Å². The van der Waals surface area contributed by atoms with Crippen molar-refractivity contribution in [1.29, 1.82) is 0 Å². The van der Waals surface area contributed by atoms with Crippen LogP contribution in [0.3, 0.4) is 0 Å². The Morgan fingerprint density at radius 1 is 0.479 bits per heavy atom. The average molecular weight is 633 g/mol. The van der Waals surface area contributed by atoms with Crippen LogP contribution in [0.2, 0.25) is 0 Å². The highest BCUT2D eigenvalue weighted by atomic mass is 15.2. The second-order valence-electron chi connectivity index (χ2n) is 18.2. The molecule has 4 aromatic rings. The van der Waals surface area contributed by atoms with Crippen molar-refractivity contribution in [2.45, 2.75) is 107 Å². The van der Waals surface area contributed by atoms with Gasteiger partial charge in [0.15, 0.2) is 5.82 Å². The van der Waals surface area contributed by atoms with Crippen molar-refractivity contribution in [3.8, 4) is 11.4 Å². The van der Waals surface area contributed by atoms with Gasteiger partial charge in [-0.2, -0.15) is 0 Å². The third-order valence-corrected chi connectivity index (χ3v) is 14.7. The summed E-state index contributed by atoms with van der Waals surface area (Å²) in [5.74, 6) is 8.38. The van der Waals surface area contributed by atoms with E-state index in [4.69, 9.17) is 15.0 Å². The van der Waals surface area contributed by atoms with Crippen molar-refractivity contribution < 1.29 is 0 Å². The van der Waals surface area contributed by atoms with Crippen LogP contribution in [0, 0.1) is 35.5 Å². The molecule has 4 nitrogen and oxygen atoms in total. The van der Waals surface area contributed by atoms with Gasteiger partial charge in [-0.25, -0.2) is 15.0 Å². The zero-order valence-electron chi connectivity index (χ0n) is 28.7. The first-order valence-electron chi connectivity index (χ1n) is 19.2. The van der Waals surface area contributed by atoms with Gasteiger partial charge < -0.3 is 4.90 Å². The Labute approximate surface area is 285 Å². The van der Waals surface area contributed by atoms with Gasteiger partial charge in [-0.3, -0.25) is 0 Å². The van der Waals surface area contributed by atoms with Gasteiger partial charge >= 0.3 is 0 Å². The molecule has 48 heavy (non-hydrogen) atoms. The first kappa shape index (κ1) is 28.3. The fourth-order valence-corrected chi connectivity index (χ4v) is 13.5. The van der Waals surface area contributed by atoms with Crippen LogP contribution >= 0.6 is 0 Å². The smallest absolute Gasteiger partial charge is 0.165 e. The fraction of sp³-hybridized carbons (Fsp3) is 0.523. The zero-order chi connectivity index (χ0) is 31.8. The van der Waals surface area contributed by atoms with Crippen LogP contribution in [-0.2, 0) is 16.2 Å². The molecule has 1 aliphatic heterocycles. The van der Waals surface area contributed by atoms with E-state index in [-0.39, 0.29) is 16.2 Å². The number of hydrogen-bond acceptors (Lipinski definition) is 4. The summed E-state index contributed by atoms with van der Waals surface area (Å²) >= 11 is 0. The molecule has 3 aromatic carbocycles. The second kappa shape index (κ2) is 9.79. The Morgan fingerprint density at radius 2 is 0.854 bits per heavy atom. The van der Waals surface area contributed by atoms with E-state index in [2.05, 4.69) is 91.5 Å². The van der Waals surface area contributed by atoms with Gasteiger partial charge in [0.05, 0.1) is 17.1 Å². The molecule has 0 unspecified atom stereocenters. The summed E-state index contributed by atoms with van der Waals surface area (Å²) < 4.78 is 0. The molecule has 0 radical (unpaired) electrons. The summed E-state index contributed by atoms with van der Waals surface area (Å²) in [4.78, 5) is 19.6. The molecule has 13 rings (SSSR count). The highest BCUT2D eigenvalue weighted by Gasteiger charge is 2.56. The summed E-state index contributed by atoms with van der Waals surface area (Å²) in [7, 11) is 0. The van der Waals surface area contributed by atoms with Crippen molar-refractivity contribution in [3.63, 3.8) is 0 Å². The maximum absolute atomic E-state index is 5.74. The predicted octanol–water partition coefficient (Wildman–Crippen LogP) is 10.6. The monoisotopic (exact) mass is 632 g/mol. The summed E-state index contributed by atoms with van der Waals surface area (Å²) in [6.07, 6.45) is 16.3. The summed E-state index contributed by atoms with van der Waals surface area (Å²) in [6.45, 7) is 4.74. The SMILES string of the molecule is CC1(C)c2ccccc2N(c2ccccc2-c2nc(C34CC5CC(CC(C5)C3)C4)nc(C34CC5CC(CC(C5)C3)C4)n2)c2ccccc21. The highest BCUT2D eigenvalue weighted by Crippen LogP contribution is 2.63. The van der Waals surface area contributed by atoms with Crippen LogP contribution in [0.15, 0.2) is 72.8 Å². The Hall–Kier alpha value is -3.53. The molecule has 0 atom stereocenters. The standard InChI is InChI=1S/C44H48N4/c1-42(2)34-10-4-7-13-37(34)48(38-14-8-5-11-35(38)42)36-12-6-3-9-33(36)39-45-40(43-21-27-15-28(22-43)17-29(16-27)23-43)47-41(46-39)44-24-30-18-31(25-44)20-32(19-30)26-44/h3-14,27-32H,15-26H2,1-2H3. The number of anilines is 3. The Bertz CT molecular complexity index is 1770. The minimum absolute atomic E-state index is 0.0941. The number of rotatable bonds is 4. The molecule has 244 valence electrons. The van der Waals surface area contributed by atoms with E-state index < -0.39 is 0 Å². The number of benzene rings is 3. The molecule has 9 aliphatic rings. The van der Waals surface area contributed by atoms with E-state index in [1.807, 2.05) is 0 Å². The molecule has 0 N–H and O–H groups in total. The Balaban J connectivity index is 1.12. The largest absolute Gasteiger partial charge is 0.309 e. The van der Waals surface area contributed by atoms with Crippen LogP contribution < -0.4 is 4.90 Å². The van der Waals surface area contributed by atoms with Gasteiger partial charge in [0.2, 0.25) is 0 Å². The van der Waals surface area contributed by atoms with Crippen molar-refractivity contribution in [2.75, 3.05) is 4.90 Å². The topological polar surface area (TPSA) is 41.9 Å². The van der Waals surface area contributed by atoms with Crippen molar-refractivity contribution in [3.05, 3.63) is 95.6 Å². The van der Waals surface area contributed by atoms with Crippen LogP contribution in [-0.4, -0.2) is 15.0 Å². The summed E-state index contributed by atoms with van der Waals surface area (Å²) in [6, 6.07) is 27.0. The van der Waals surface area contributed by atoms with E-state index >= 15 is 0 Å². The predicted molar refractivity (Wildman–Crippen MR) is 192 cm³/mol. The van der Waals surface area contributed by atoms with Gasteiger partial charge in [-0.05, 0) is 148 Å². The molecule has 0 amide bonds. The van der Waals surface area contributed by atoms with Crippen molar-refractivity contribution in [1.82, 2.24) is 15.0 Å². The number of para-hydroxylation sites is 3. The summed E-state index contributed by atoms with van der Waals surface area (Å²) in [5.41, 5.74) is 7.71. The number of aromatic nitrogens is 3. The van der Waals surface area contributed by atoms with Gasteiger partial charge in [-0.15, -0.1) is 0 Å². The third kappa shape index (κ3) is 3.98. The van der Waals surface area contributed by atoms with Crippen LogP contribution in [0.1, 0.15) is 114 Å². The molecule has 8 fully saturated rings. The molecular formula is C44H48N4. The molecule has 4 heteroatoms. The summed E-state index contributed by atoms with van der Waals surface area (Å²) in [5, 5.41) is 0. The van der Waals surface area contributed by atoms with Gasteiger partial charge in [0.25, 0.3) is 0 Å². The minimum atomic E-state index is -0.0941. The van der Waals surface area contributed by atoms with Gasteiger partial charge in [0.1, 0.15) is 11.6 Å². The maximum Gasteiger partial charge on any atom is 0.165 e. The quantitative estimate of drug-likeness (QED) is 0.224. The lowest BCUT2D eigenvalue weighted by Gasteiger charge is -2.57. The molecule has 0 spiro atoms. The molecule has 1 aromatic heterocycles. The Morgan fingerprint density at radius 3 is 1.29 bits per heavy atom. The number of hydrogen-bond donors (Lipinski definition) is 0. The third-order valence-electron chi connectivity index (χ3n) is 14.7. The highest BCUT2D eigenvalue weighted by molar-refractivity contribution is 5.91. The minimum Gasteiger partial charge on any atom is -0.309 e. The maximum atomic E-state index is 5.74. The zero-order valence-corrected chi connectivity index (χ0v) is 28.7. The van der Waals surface area contributed by atoms with Crippen molar-refractivity contribution >= 4 is 17.1 Å². The number of nitrogens with zero attached hydrogens (tertiary/aromatic N) is 4. The lowest BCUT2D eigenvalue weighted by Crippen LogP contribution is -2.51. The number of fused-ring (bicyclic) bond motifs is 2. The molecule has 8 aliphatic carbocycles. The second-order valence-corrected chi connectivity index (χ2v) is 18.2.